The lowest BCUT2D eigenvalue weighted by atomic mass is 10.2. The number of hydrogen-bond donors (Lipinski definition) is 0. The zero-order valence-electron chi connectivity index (χ0n) is 12.2. The number of halogens is 7. The zero-order valence-corrected chi connectivity index (χ0v) is 13.8. The Hall–Kier alpha value is -2.56. The first-order valence-electron chi connectivity index (χ1n) is 6.70. The van der Waals surface area contributed by atoms with Crippen LogP contribution in [0.5, 0.6) is 0 Å². The van der Waals surface area contributed by atoms with E-state index in [0.717, 1.165) is 18.2 Å². The number of benzene rings is 2. The number of nitrogens with zero attached hydrogens (tertiary/aromatic N) is 2. The molecule has 0 atom stereocenters. The molecule has 136 valence electrons. The van der Waals surface area contributed by atoms with E-state index in [1.54, 1.807) is 0 Å². The molecule has 0 radical (unpaired) electrons. The molecule has 0 bridgehead atoms. The highest BCUT2D eigenvalue weighted by Gasteiger charge is 2.35. The second kappa shape index (κ2) is 6.31. The van der Waals surface area contributed by atoms with E-state index in [1.807, 2.05) is 0 Å². The number of aromatic nitrogens is 2. The van der Waals surface area contributed by atoms with Gasteiger partial charge < -0.3 is 4.42 Å². The molecule has 0 N–H and O–H groups in total. The van der Waals surface area contributed by atoms with E-state index in [1.165, 1.54) is 0 Å². The molecule has 2 aromatic carbocycles. The molecule has 0 saturated carbocycles. The largest absolute Gasteiger partial charge is 0.442 e. The Morgan fingerprint density at radius 2 is 1.65 bits per heavy atom. The van der Waals surface area contributed by atoms with E-state index in [2.05, 4.69) is 25.4 Å². The van der Waals surface area contributed by atoms with Crippen molar-refractivity contribution in [1.29, 1.82) is 0 Å². The Labute approximate surface area is 148 Å². The van der Waals surface area contributed by atoms with Crippen LogP contribution in [0.15, 0.2) is 44.0 Å². The van der Waals surface area contributed by atoms with Crippen molar-refractivity contribution < 1.29 is 30.8 Å². The van der Waals surface area contributed by atoms with E-state index in [0.29, 0.717) is 12.1 Å². The standard InChI is InChI=1S/C15H5BrF6N2O2/c16-7-5-10(19)11(4-6(7)15(20,21)22)24-14(25)26-13(23-24)12-8(17)2-1-3-9(12)18/h1-5H. The van der Waals surface area contributed by atoms with Crippen molar-refractivity contribution in [2.24, 2.45) is 0 Å². The van der Waals surface area contributed by atoms with Gasteiger partial charge in [-0.25, -0.2) is 18.0 Å². The van der Waals surface area contributed by atoms with Gasteiger partial charge in [0.2, 0.25) is 0 Å². The Morgan fingerprint density at radius 3 is 2.23 bits per heavy atom. The minimum absolute atomic E-state index is 0.151. The predicted molar refractivity (Wildman–Crippen MR) is 80.1 cm³/mol. The maximum atomic E-state index is 14.1. The number of alkyl halides is 3. The summed E-state index contributed by atoms with van der Waals surface area (Å²) in [6.07, 6.45) is -4.85. The van der Waals surface area contributed by atoms with Gasteiger partial charge in [0, 0.05) is 4.47 Å². The summed E-state index contributed by atoms with van der Waals surface area (Å²) < 4.78 is 84.6. The summed E-state index contributed by atoms with van der Waals surface area (Å²) >= 11 is 2.58. The molecule has 0 aliphatic rings. The fourth-order valence-corrected chi connectivity index (χ4v) is 2.69. The van der Waals surface area contributed by atoms with Crippen molar-refractivity contribution in [2.75, 3.05) is 0 Å². The third-order valence-corrected chi connectivity index (χ3v) is 3.95. The van der Waals surface area contributed by atoms with Gasteiger partial charge in [0.1, 0.15) is 28.7 Å². The normalized spacial score (nSPS) is 11.8. The summed E-state index contributed by atoms with van der Waals surface area (Å²) in [5.41, 5.74) is -2.98. The average molecular weight is 439 g/mol. The molecule has 11 heteroatoms. The van der Waals surface area contributed by atoms with Gasteiger partial charge >= 0.3 is 11.9 Å². The van der Waals surface area contributed by atoms with Gasteiger partial charge in [0.15, 0.2) is 0 Å². The molecule has 26 heavy (non-hydrogen) atoms. The van der Waals surface area contributed by atoms with Gasteiger partial charge in [-0.05, 0) is 24.3 Å². The lowest BCUT2D eigenvalue weighted by molar-refractivity contribution is -0.138. The van der Waals surface area contributed by atoms with E-state index < -0.39 is 56.6 Å². The van der Waals surface area contributed by atoms with Crippen LogP contribution < -0.4 is 5.76 Å². The minimum Gasteiger partial charge on any atom is -0.387 e. The monoisotopic (exact) mass is 438 g/mol. The molecule has 1 heterocycles. The van der Waals surface area contributed by atoms with Crippen molar-refractivity contribution in [3.05, 3.63) is 68.4 Å². The summed E-state index contributed by atoms with van der Waals surface area (Å²) in [6.45, 7) is 0. The van der Waals surface area contributed by atoms with Crippen LogP contribution in [0.2, 0.25) is 0 Å². The van der Waals surface area contributed by atoms with E-state index >= 15 is 0 Å². The summed E-state index contributed by atoms with van der Waals surface area (Å²) in [4.78, 5) is 11.9. The smallest absolute Gasteiger partial charge is 0.387 e. The quantitative estimate of drug-likeness (QED) is 0.545. The van der Waals surface area contributed by atoms with Crippen LogP contribution in [-0.4, -0.2) is 9.78 Å². The maximum Gasteiger partial charge on any atom is 0.442 e. The molecule has 0 amide bonds. The van der Waals surface area contributed by atoms with Crippen molar-refractivity contribution in [2.45, 2.75) is 6.18 Å². The Kier molecular flexibility index (Phi) is 4.42. The zero-order chi connectivity index (χ0) is 19.2. The molecule has 3 aromatic rings. The summed E-state index contributed by atoms with van der Waals surface area (Å²) in [5.74, 6) is -5.74. The summed E-state index contributed by atoms with van der Waals surface area (Å²) in [6, 6.07) is 3.58. The van der Waals surface area contributed by atoms with Crippen LogP contribution in [-0.2, 0) is 6.18 Å². The SMILES string of the molecule is O=c1oc(-c2c(F)cccc2F)nn1-c1cc(C(F)(F)F)c(Br)cc1F. The number of rotatable bonds is 2. The maximum absolute atomic E-state index is 14.1. The second-order valence-corrected chi connectivity index (χ2v) is 5.82. The van der Waals surface area contributed by atoms with Crippen LogP contribution in [0.3, 0.4) is 0 Å². The summed E-state index contributed by atoms with van der Waals surface area (Å²) in [7, 11) is 0. The highest BCUT2D eigenvalue weighted by molar-refractivity contribution is 9.10. The molecule has 0 aliphatic carbocycles. The molecule has 3 rings (SSSR count). The number of hydrogen-bond acceptors (Lipinski definition) is 3. The topological polar surface area (TPSA) is 48.0 Å². The Morgan fingerprint density at radius 1 is 1.04 bits per heavy atom. The Bertz CT molecular complexity index is 1040. The average Bonchev–Trinajstić information content (AvgIpc) is 2.87. The third-order valence-electron chi connectivity index (χ3n) is 3.29. The predicted octanol–water partition coefficient (Wildman–Crippen LogP) is 4.69. The van der Waals surface area contributed by atoms with Crippen LogP contribution in [0.1, 0.15) is 5.56 Å². The molecule has 4 nitrogen and oxygen atoms in total. The van der Waals surface area contributed by atoms with Crippen LogP contribution in [0.25, 0.3) is 17.1 Å². The lowest BCUT2D eigenvalue weighted by Gasteiger charge is -2.11. The minimum atomic E-state index is -4.85. The Balaban J connectivity index is 2.22. The van der Waals surface area contributed by atoms with Crippen molar-refractivity contribution in [1.82, 2.24) is 9.78 Å². The fraction of sp³-hybridized carbons (Fsp3) is 0.0667. The highest BCUT2D eigenvalue weighted by atomic mass is 79.9. The third kappa shape index (κ3) is 3.14. The van der Waals surface area contributed by atoms with Crippen molar-refractivity contribution >= 4 is 15.9 Å². The van der Waals surface area contributed by atoms with Gasteiger partial charge in [-0.3, -0.25) is 0 Å². The first-order valence-corrected chi connectivity index (χ1v) is 7.50. The molecule has 0 spiro atoms. The summed E-state index contributed by atoms with van der Waals surface area (Å²) in [5, 5.41) is 3.42. The molecule has 0 unspecified atom stereocenters. The fourth-order valence-electron chi connectivity index (χ4n) is 2.15. The van der Waals surface area contributed by atoms with E-state index in [4.69, 9.17) is 0 Å². The van der Waals surface area contributed by atoms with Crippen LogP contribution >= 0.6 is 15.9 Å². The van der Waals surface area contributed by atoms with E-state index in [-0.39, 0.29) is 4.68 Å². The highest BCUT2D eigenvalue weighted by Crippen LogP contribution is 2.37. The van der Waals surface area contributed by atoms with Crippen molar-refractivity contribution in [3.63, 3.8) is 0 Å². The van der Waals surface area contributed by atoms with Gasteiger partial charge in [0.25, 0.3) is 5.89 Å². The second-order valence-electron chi connectivity index (χ2n) is 4.96. The lowest BCUT2D eigenvalue weighted by Crippen LogP contribution is -2.17. The first kappa shape index (κ1) is 18.2. The van der Waals surface area contributed by atoms with Gasteiger partial charge in [0.05, 0.1) is 5.56 Å². The molecular formula is C15H5BrF6N2O2. The molecule has 0 fully saturated rings. The van der Waals surface area contributed by atoms with Gasteiger partial charge in [-0.15, -0.1) is 5.10 Å². The van der Waals surface area contributed by atoms with Gasteiger partial charge in [-0.2, -0.15) is 17.9 Å². The van der Waals surface area contributed by atoms with Crippen LogP contribution in [0.4, 0.5) is 26.3 Å². The molecule has 1 aromatic heterocycles. The van der Waals surface area contributed by atoms with Gasteiger partial charge in [-0.1, -0.05) is 22.0 Å². The molecular weight excluding hydrogens is 434 g/mol. The first-order chi connectivity index (χ1) is 12.1. The van der Waals surface area contributed by atoms with E-state index in [9.17, 15) is 31.1 Å². The molecule has 0 aliphatic heterocycles. The van der Waals surface area contributed by atoms with Crippen LogP contribution in [0, 0.1) is 17.5 Å². The molecule has 0 saturated heterocycles. The van der Waals surface area contributed by atoms with Crippen molar-refractivity contribution in [3.8, 4) is 17.1 Å².